The molecule has 0 bridgehead atoms. The van der Waals surface area contributed by atoms with Crippen LogP contribution in [0.2, 0.25) is 0 Å². The fourth-order valence-electron chi connectivity index (χ4n) is 2.47. The Kier molecular flexibility index (Phi) is 6.50. The summed E-state index contributed by atoms with van der Waals surface area (Å²) in [6, 6.07) is -0.770. The lowest BCUT2D eigenvalue weighted by atomic mass is 9.99. The molecular weight excluding hydrogens is 310 g/mol. The van der Waals surface area contributed by atoms with Gasteiger partial charge in [-0.3, -0.25) is 10.1 Å². The van der Waals surface area contributed by atoms with Crippen molar-refractivity contribution < 1.29 is 18.3 Å². The fourth-order valence-corrected chi connectivity index (χ4v) is 3.26. The van der Waals surface area contributed by atoms with E-state index in [0.29, 0.717) is 19.8 Å². The van der Waals surface area contributed by atoms with E-state index in [0.717, 1.165) is 12.8 Å². The van der Waals surface area contributed by atoms with E-state index in [1.165, 1.54) is 0 Å². The first-order valence-corrected chi connectivity index (χ1v) is 7.71. The van der Waals surface area contributed by atoms with Crippen molar-refractivity contribution in [1.29, 1.82) is 0 Å². The second-order valence-corrected chi connectivity index (χ2v) is 6.49. The first-order chi connectivity index (χ1) is 8.96. The van der Waals surface area contributed by atoms with Crippen molar-refractivity contribution >= 4 is 30.1 Å². The van der Waals surface area contributed by atoms with Crippen molar-refractivity contribution in [2.24, 2.45) is 0 Å². The van der Waals surface area contributed by atoms with E-state index < -0.39 is 24.9 Å². The molecule has 1 atom stereocenters. The van der Waals surface area contributed by atoms with Crippen molar-refractivity contribution in [1.82, 2.24) is 10.6 Å². The second kappa shape index (κ2) is 7.24. The van der Waals surface area contributed by atoms with Crippen molar-refractivity contribution in [3.63, 3.8) is 0 Å². The summed E-state index contributed by atoms with van der Waals surface area (Å²) in [6.45, 7) is 1.49. The van der Waals surface area contributed by atoms with E-state index in [4.69, 9.17) is 4.74 Å². The molecule has 4 nitrogen and oxygen atoms in total. The maximum absolute atomic E-state index is 13.0. The lowest BCUT2D eigenvalue weighted by Crippen LogP contribution is -2.48. The topological polar surface area (TPSA) is 50.4 Å². The fraction of sp³-hybridized carbons (Fsp3) is 0.917. The first kappa shape index (κ1) is 17.9. The number of halogens is 3. The van der Waals surface area contributed by atoms with Crippen LogP contribution in [0, 0.1) is 0 Å². The standard InChI is InChI=1S/C12H20F2N2O2S.ClH/c1-19-11(2-4-18-5-3-11)7-16-10(17)9-6-12(13,14)8-15-9;/h9,15H,2-8H2,1H3,(H,16,17);1H. The zero-order chi connectivity index (χ0) is 13.9. The van der Waals surface area contributed by atoms with Crippen LogP contribution >= 0.6 is 24.2 Å². The highest BCUT2D eigenvalue weighted by atomic mass is 35.5. The van der Waals surface area contributed by atoms with Crippen molar-refractivity contribution in [3.8, 4) is 0 Å². The first-order valence-electron chi connectivity index (χ1n) is 6.48. The molecule has 2 saturated heterocycles. The number of thioether (sulfide) groups is 1. The molecule has 2 rings (SSSR count). The Morgan fingerprint density at radius 1 is 1.45 bits per heavy atom. The number of hydrogen-bond acceptors (Lipinski definition) is 4. The Hall–Kier alpha value is -0.110. The van der Waals surface area contributed by atoms with Crippen LogP contribution < -0.4 is 10.6 Å². The second-order valence-electron chi connectivity index (χ2n) is 5.21. The molecule has 2 N–H and O–H groups in total. The Bertz CT molecular complexity index is 341. The van der Waals surface area contributed by atoms with Gasteiger partial charge in [-0.15, -0.1) is 12.4 Å². The maximum atomic E-state index is 13.0. The predicted molar refractivity (Wildman–Crippen MR) is 77.9 cm³/mol. The maximum Gasteiger partial charge on any atom is 0.262 e. The molecule has 1 unspecified atom stereocenters. The molecule has 0 aromatic rings. The largest absolute Gasteiger partial charge is 0.381 e. The summed E-state index contributed by atoms with van der Waals surface area (Å²) in [4.78, 5) is 11.9. The third-order valence-corrected chi connectivity index (χ3v) is 5.27. The molecule has 2 fully saturated rings. The van der Waals surface area contributed by atoms with Gasteiger partial charge in [0.05, 0.1) is 12.6 Å². The number of carbonyl (C=O) groups excluding carboxylic acids is 1. The zero-order valence-electron chi connectivity index (χ0n) is 11.4. The van der Waals surface area contributed by atoms with Crippen LogP contribution in [0.15, 0.2) is 0 Å². The Morgan fingerprint density at radius 2 is 2.10 bits per heavy atom. The predicted octanol–water partition coefficient (Wildman–Crippen LogP) is 1.43. The molecule has 0 aromatic carbocycles. The van der Waals surface area contributed by atoms with Crippen molar-refractivity contribution in [2.75, 3.05) is 32.6 Å². The number of nitrogens with one attached hydrogen (secondary N) is 2. The minimum atomic E-state index is -2.77. The minimum absolute atomic E-state index is 0. The quantitative estimate of drug-likeness (QED) is 0.819. The number of rotatable bonds is 4. The molecule has 20 heavy (non-hydrogen) atoms. The average molecular weight is 331 g/mol. The molecule has 1 amide bonds. The Morgan fingerprint density at radius 3 is 2.60 bits per heavy atom. The number of carbonyl (C=O) groups is 1. The van der Waals surface area contributed by atoms with Gasteiger partial charge in [0.2, 0.25) is 5.91 Å². The molecule has 0 radical (unpaired) electrons. The summed E-state index contributed by atoms with van der Waals surface area (Å²) < 4.78 is 31.4. The molecule has 2 heterocycles. The normalized spacial score (nSPS) is 27.6. The third kappa shape index (κ3) is 4.44. The average Bonchev–Trinajstić information content (AvgIpc) is 2.77. The van der Waals surface area contributed by atoms with Gasteiger partial charge in [0.15, 0.2) is 0 Å². The van der Waals surface area contributed by atoms with E-state index in [2.05, 4.69) is 10.6 Å². The minimum Gasteiger partial charge on any atom is -0.381 e. The highest BCUT2D eigenvalue weighted by molar-refractivity contribution is 8.00. The van der Waals surface area contributed by atoms with Crippen LogP contribution in [-0.4, -0.2) is 55.2 Å². The van der Waals surface area contributed by atoms with Gasteiger partial charge in [0.1, 0.15) is 0 Å². The number of alkyl halides is 2. The smallest absolute Gasteiger partial charge is 0.262 e. The summed E-state index contributed by atoms with van der Waals surface area (Å²) >= 11 is 1.71. The molecule has 0 aliphatic carbocycles. The Labute approximate surface area is 128 Å². The van der Waals surface area contributed by atoms with E-state index in [1.54, 1.807) is 11.8 Å². The van der Waals surface area contributed by atoms with Gasteiger partial charge >= 0.3 is 0 Å². The van der Waals surface area contributed by atoms with Gasteiger partial charge in [-0.1, -0.05) is 0 Å². The summed E-state index contributed by atoms with van der Waals surface area (Å²) in [5, 5.41) is 5.38. The van der Waals surface area contributed by atoms with Crippen LogP contribution in [0.4, 0.5) is 8.78 Å². The van der Waals surface area contributed by atoms with Crippen LogP contribution in [-0.2, 0) is 9.53 Å². The molecule has 2 aliphatic heterocycles. The third-order valence-electron chi connectivity index (χ3n) is 3.85. The van der Waals surface area contributed by atoms with E-state index >= 15 is 0 Å². The van der Waals surface area contributed by atoms with Gasteiger partial charge in [0, 0.05) is 30.9 Å². The lowest BCUT2D eigenvalue weighted by Gasteiger charge is -2.36. The number of hydrogen-bond donors (Lipinski definition) is 2. The van der Waals surface area contributed by atoms with Crippen LogP contribution in [0.1, 0.15) is 19.3 Å². The number of amides is 1. The summed E-state index contributed by atoms with van der Waals surface area (Å²) in [7, 11) is 0. The highest BCUT2D eigenvalue weighted by Crippen LogP contribution is 2.33. The van der Waals surface area contributed by atoms with Crippen LogP contribution in [0.5, 0.6) is 0 Å². The van der Waals surface area contributed by atoms with Gasteiger partial charge in [-0.2, -0.15) is 11.8 Å². The van der Waals surface area contributed by atoms with Crippen LogP contribution in [0.25, 0.3) is 0 Å². The zero-order valence-corrected chi connectivity index (χ0v) is 13.0. The van der Waals surface area contributed by atoms with Gasteiger partial charge < -0.3 is 10.1 Å². The van der Waals surface area contributed by atoms with Crippen molar-refractivity contribution in [2.45, 2.75) is 36.0 Å². The molecule has 2 aliphatic rings. The van der Waals surface area contributed by atoms with E-state index in [-0.39, 0.29) is 23.1 Å². The number of ether oxygens (including phenoxy) is 1. The molecule has 0 aromatic heterocycles. The summed E-state index contributed by atoms with van der Waals surface area (Å²) in [5.41, 5.74) is 0. The van der Waals surface area contributed by atoms with E-state index in [1.807, 2.05) is 6.26 Å². The van der Waals surface area contributed by atoms with Crippen molar-refractivity contribution in [3.05, 3.63) is 0 Å². The lowest BCUT2D eigenvalue weighted by molar-refractivity contribution is -0.123. The molecular formula is C12H21ClF2N2O2S. The van der Waals surface area contributed by atoms with Gasteiger partial charge in [0.25, 0.3) is 5.92 Å². The SMILES string of the molecule is CSC1(CNC(=O)C2CC(F)(F)CN2)CCOCC1.Cl. The molecule has 8 heteroatoms. The van der Waals surface area contributed by atoms with Crippen LogP contribution in [0.3, 0.4) is 0 Å². The summed E-state index contributed by atoms with van der Waals surface area (Å²) in [5.74, 6) is -3.09. The van der Waals surface area contributed by atoms with Gasteiger partial charge in [-0.05, 0) is 19.1 Å². The van der Waals surface area contributed by atoms with Gasteiger partial charge in [-0.25, -0.2) is 8.78 Å². The molecule has 0 spiro atoms. The Balaban J connectivity index is 0.00000200. The monoisotopic (exact) mass is 330 g/mol. The van der Waals surface area contributed by atoms with E-state index in [9.17, 15) is 13.6 Å². The molecule has 118 valence electrons. The highest BCUT2D eigenvalue weighted by Gasteiger charge is 2.42. The molecule has 0 saturated carbocycles. The summed E-state index contributed by atoms with van der Waals surface area (Å²) in [6.07, 6.45) is 3.36.